The number of hydrogen-bond acceptors (Lipinski definition) is 3. The van der Waals surface area contributed by atoms with E-state index in [1.165, 1.54) is 11.1 Å². The van der Waals surface area contributed by atoms with Gasteiger partial charge in [-0.05, 0) is 12.5 Å². The number of hydrogen-bond donors (Lipinski definition) is 2. The van der Waals surface area contributed by atoms with E-state index in [0.29, 0.717) is 0 Å². The van der Waals surface area contributed by atoms with Crippen LogP contribution in [0.1, 0.15) is 11.1 Å². The quantitative estimate of drug-likeness (QED) is 0.789. The van der Waals surface area contributed by atoms with E-state index >= 15 is 0 Å². The van der Waals surface area contributed by atoms with Gasteiger partial charge in [0.2, 0.25) is 0 Å². The molecule has 1 fully saturated rings. The standard InChI is InChI=1S/C13H21N3/c1-12-2-4-13(5-3-12)10-15-11-16-8-6-14-7-9-16/h2-5,14-15H,6-11H2,1H3. The highest BCUT2D eigenvalue weighted by Gasteiger charge is 2.07. The summed E-state index contributed by atoms with van der Waals surface area (Å²) in [6, 6.07) is 8.73. The number of piperazine rings is 1. The van der Waals surface area contributed by atoms with Crippen LogP contribution in [0.3, 0.4) is 0 Å². The van der Waals surface area contributed by atoms with E-state index in [9.17, 15) is 0 Å². The highest BCUT2D eigenvalue weighted by molar-refractivity contribution is 5.20. The maximum Gasteiger partial charge on any atom is 0.0484 e. The molecule has 1 saturated heterocycles. The first kappa shape index (κ1) is 11.6. The van der Waals surface area contributed by atoms with E-state index in [0.717, 1.165) is 39.4 Å². The third-order valence-electron chi connectivity index (χ3n) is 2.99. The van der Waals surface area contributed by atoms with Crippen molar-refractivity contribution in [1.29, 1.82) is 0 Å². The van der Waals surface area contributed by atoms with Crippen molar-refractivity contribution in [2.24, 2.45) is 0 Å². The fourth-order valence-electron chi connectivity index (χ4n) is 1.93. The van der Waals surface area contributed by atoms with Crippen molar-refractivity contribution < 1.29 is 0 Å². The van der Waals surface area contributed by atoms with Gasteiger partial charge in [0, 0.05) is 39.4 Å². The number of nitrogens with zero attached hydrogens (tertiary/aromatic N) is 1. The van der Waals surface area contributed by atoms with Gasteiger partial charge in [0.25, 0.3) is 0 Å². The maximum absolute atomic E-state index is 3.49. The lowest BCUT2D eigenvalue weighted by molar-refractivity contribution is 0.223. The molecule has 3 nitrogen and oxygen atoms in total. The average Bonchev–Trinajstić information content (AvgIpc) is 2.33. The van der Waals surface area contributed by atoms with E-state index in [1.807, 2.05) is 0 Å². The zero-order chi connectivity index (χ0) is 11.2. The molecule has 0 saturated carbocycles. The number of nitrogens with one attached hydrogen (secondary N) is 2. The molecule has 88 valence electrons. The Morgan fingerprint density at radius 2 is 1.88 bits per heavy atom. The van der Waals surface area contributed by atoms with Gasteiger partial charge in [-0.3, -0.25) is 4.90 Å². The van der Waals surface area contributed by atoms with Crippen LogP contribution in [0.2, 0.25) is 0 Å². The Morgan fingerprint density at radius 3 is 2.56 bits per heavy atom. The minimum atomic E-state index is 0.963. The molecule has 0 aliphatic carbocycles. The summed E-state index contributed by atoms with van der Waals surface area (Å²) < 4.78 is 0. The maximum atomic E-state index is 3.49. The second kappa shape index (κ2) is 5.99. The summed E-state index contributed by atoms with van der Waals surface area (Å²) in [5.41, 5.74) is 2.69. The Hall–Kier alpha value is -0.900. The third-order valence-corrected chi connectivity index (χ3v) is 2.99. The van der Waals surface area contributed by atoms with Crippen LogP contribution in [0.15, 0.2) is 24.3 Å². The van der Waals surface area contributed by atoms with Gasteiger partial charge in [-0.15, -0.1) is 0 Å². The van der Waals surface area contributed by atoms with Crippen molar-refractivity contribution in [2.45, 2.75) is 13.5 Å². The van der Waals surface area contributed by atoms with E-state index in [-0.39, 0.29) is 0 Å². The van der Waals surface area contributed by atoms with Crippen LogP contribution in [-0.2, 0) is 6.54 Å². The van der Waals surface area contributed by atoms with Crippen molar-refractivity contribution in [2.75, 3.05) is 32.8 Å². The predicted molar refractivity (Wildman–Crippen MR) is 67.3 cm³/mol. The highest BCUT2D eigenvalue weighted by Crippen LogP contribution is 2.02. The molecule has 1 aliphatic heterocycles. The monoisotopic (exact) mass is 219 g/mol. The van der Waals surface area contributed by atoms with E-state index in [1.54, 1.807) is 0 Å². The van der Waals surface area contributed by atoms with E-state index < -0.39 is 0 Å². The molecule has 3 heteroatoms. The molecule has 0 bridgehead atoms. The topological polar surface area (TPSA) is 27.3 Å². The first-order valence-corrected chi connectivity index (χ1v) is 6.04. The molecule has 2 rings (SSSR count). The van der Waals surface area contributed by atoms with Crippen LogP contribution in [-0.4, -0.2) is 37.7 Å². The lowest BCUT2D eigenvalue weighted by atomic mass is 10.1. The Bertz CT molecular complexity index is 301. The predicted octanol–water partition coefficient (Wildman–Crippen LogP) is 0.947. The third kappa shape index (κ3) is 3.59. The molecule has 2 N–H and O–H groups in total. The second-order valence-electron chi connectivity index (χ2n) is 4.44. The van der Waals surface area contributed by atoms with Crippen molar-refractivity contribution in [3.63, 3.8) is 0 Å². The molecule has 0 unspecified atom stereocenters. The van der Waals surface area contributed by atoms with Gasteiger partial charge >= 0.3 is 0 Å². The van der Waals surface area contributed by atoms with Crippen molar-refractivity contribution in [3.8, 4) is 0 Å². The summed E-state index contributed by atoms with van der Waals surface area (Å²) in [4.78, 5) is 2.45. The second-order valence-corrected chi connectivity index (χ2v) is 4.44. The van der Waals surface area contributed by atoms with Crippen LogP contribution in [0.4, 0.5) is 0 Å². The molecular formula is C13H21N3. The Morgan fingerprint density at radius 1 is 1.19 bits per heavy atom. The summed E-state index contributed by atoms with van der Waals surface area (Å²) in [6.07, 6.45) is 0. The van der Waals surface area contributed by atoms with Crippen molar-refractivity contribution >= 4 is 0 Å². The van der Waals surface area contributed by atoms with Gasteiger partial charge in [-0.25, -0.2) is 0 Å². The normalized spacial score (nSPS) is 17.6. The molecule has 0 aromatic heterocycles. The molecule has 1 aromatic carbocycles. The Kier molecular flexibility index (Phi) is 4.34. The Balaban J connectivity index is 1.69. The lowest BCUT2D eigenvalue weighted by Crippen LogP contribution is -2.46. The SMILES string of the molecule is Cc1ccc(CNCN2CCNCC2)cc1. The van der Waals surface area contributed by atoms with Crippen LogP contribution in [0.5, 0.6) is 0 Å². The molecule has 0 amide bonds. The summed E-state index contributed by atoms with van der Waals surface area (Å²) in [5, 5.41) is 6.85. The first-order chi connectivity index (χ1) is 7.84. The summed E-state index contributed by atoms with van der Waals surface area (Å²) in [6.45, 7) is 8.62. The fraction of sp³-hybridized carbons (Fsp3) is 0.538. The molecule has 1 aliphatic rings. The molecule has 0 atom stereocenters. The minimum absolute atomic E-state index is 0.963. The van der Waals surface area contributed by atoms with Gasteiger partial charge in [0.1, 0.15) is 0 Å². The van der Waals surface area contributed by atoms with Gasteiger partial charge < -0.3 is 10.6 Å². The summed E-state index contributed by atoms with van der Waals surface area (Å²) >= 11 is 0. The zero-order valence-electron chi connectivity index (χ0n) is 10.00. The lowest BCUT2D eigenvalue weighted by Gasteiger charge is -2.27. The first-order valence-electron chi connectivity index (χ1n) is 6.04. The Labute approximate surface area is 97.8 Å². The van der Waals surface area contributed by atoms with Gasteiger partial charge in [-0.2, -0.15) is 0 Å². The minimum Gasteiger partial charge on any atom is -0.314 e. The smallest absolute Gasteiger partial charge is 0.0484 e. The number of benzene rings is 1. The van der Waals surface area contributed by atoms with Crippen molar-refractivity contribution in [3.05, 3.63) is 35.4 Å². The van der Waals surface area contributed by atoms with Crippen LogP contribution in [0.25, 0.3) is 0 Å². The molecule has 16 heavy (non-hydrogen) atoms. The number of rotatable bonds is 4. The van der Waals surface area contributed by atoms with Gasteiger partial charge in [-0.1, -0.05) is 29.8 Å². The molecule has 1 aromatic rings. The van der Waals surface area contributed by atoms with Crippen LogP contribution in [0, 0.1) is 6.92 Å². The fourth-order valence-corrected chi connectivity index (χ4v) is 1.93. The van der Waals surface area contributed by atoms with Gasteiger partial charge in [0.05, 0.1) is 0 Å². The van der Waals surface area contributed by atoms with E-state index in [4.69, 9.17) is 0 Å². The largest absolute Gasteiger partial charge is 0.314 e. The van der Waals surface area contributed by atoms with Gasteiger partial charge in [0.15, 0.2) is 0 Å². The van der Waals surface area contributed by atoms with Crippen LogP contribution >= 0.6 is 0 Å². The number of aryl methyl sites for hydroxylation is 1. The van der Waals surface area contributed by atoms with Crippen LogP contribution < -0.4 is 10.6 Å². The average molecular weight is 219 g/mol. The van der Waals surface area contributed by atoms with Crippen molar-refractivity contribution in [1.82, 2.24) is 15.5 Å². The summed E-state index contributed by atoms with van der Waals surface area (Å²) in [5.74, 6) is 0. The molecule has 0 spiro atoms. The zero-order valence-corrected chi connectivity index (χ0v) is 10.00. The molecule has 0 radical (unpaired) electrons. The van der Waals surface area contributed by atoms with E-state index in [2.05, 4.69) is 46.7 Å². The molecule has 1 heterocycles. The highest BCUT2D eigenvalue weighted by atomic mass is 15.2. The molecular weight excluding hydrogens is 198 g/mol. The summed E-state index contributed by atoms with van der Waals surface area (Å²) in [7, 11) is 0.